The highest BCUT2D eigenvalue weighted by Gasteiger charge is 2.63. The number of allylic oxidation sites excluding steroid dienone is 1. The quantitative estimate of drug-likeness (QED) is 0.312. The van der Waals surface area contributed by atoms with E-state index in [0.717, 1.165) is 23.1 Å². The van der Waals surface area contributed by atoms with Crippen molar-refractivity contribution in [3.8, 4) is 27.4 Å². The predicted molar refractivity (Wildman–Crippen MR) is 193 cm³/mol. The molecular weight excluding hydrogens is 770 g/mol. The SMILES string of the molecule is Cc1csc(-c2cc(O[C@H]3CCN4C(=O)N(C)CCCC/C=C/[C@@H]5C[C@@]5(C(=O)NS(=O)(=O)C5(C)CC5)NC(=O)C4C3)nc(-c3nc(C(F)(F)F)cs3)n2)n1. The number of thiazole rings is 2. The molecule has 0 radical (unpaired) electrons. The number of carbonyl (C=O) groups is 3. The van der Waals surface area contributed by atoms with Gasteiger partial charge in [0, 0.05) is 61.4 Å². The Morgan fingerprint density at radius 3 is 2.52 bits per heavy atom. The number of ether oxygens (including phenoxy) is 1. The van der Waals surface area contributed by atoms with Crippen molar-refractivity contribution in [2.24, 2.45) is 5.92 Å². The molecule has 14 nitrogen and oxygen atoms in total. The van der Waals surface area contributed by atoms with Gasteiger partial charge in [-0.3, -0.25) is 14.3 Å². The number of aromatic nitrogens is 4. The molecule has 20 heteroatoms. The molecule has 0 aromatic carbocycles. The third-order valence-electron chi connectivity index (χ3n) is 10.3. The third-order valence-corrected chi connectivity index (χ3v) is 14.3. The molecule has 2 aliphatic carbocycles. The zero-order chi connectivity index (χ0) is 38.6. The first kappa shape index (κ1) is 38.1. The Kier molecular flexibility index (Phi) is 9.99. The Balaban J connectivity index is 1.18. The Labute approximate surface area is 317 Å². The maximum atomic E-state index is 14.3. The zero-order valence-electron chi connectivity index (χ0n) is 29.7. The summed E-state index contributed by atoms with van der Waals surface area (Å²) in [4.78, 5) is 61.8. The average Bonchev–Trinajstić information content (AvgIpc) is 3.87. The second-order valence-electron chi connectivity index (χ2n) is 14.5. The Morgan fingerprint density at radius 2 is 1.83 bits per heavy atom. The predicted octanol–water partition coefficient (Wildman–Crippen LogP) is 4.93. The van der Waals surface area contributed by atoms with Crippen LogP contribution in [0.5, 0.6) is 5.88 Å². The average molecular weight is 809 g/mol. The lowest BCUT2D eigenvalue weighted by atomic mass is 9.97. The standard InChI is InChI=1S/C34H39F3N8O6S3/c1-19-17-52-28(38-19)22-15-25(41-26(39-22)29-40-24(18-53-29)34(35,36)37)51-21-9-13-45-23(14-21)27(46)42-33(30(47)43-54(49,50)32(2)10-11-32)16-20(33)8-6-4-5-7-12-44(3)31(45)48/h6,8,15,17-18,20-21,23H,4-5,7,9-14,16H2,1-3H3,(H,42,46)(H,43,47)/b8-6+/t20-,21+,23?,33-/m1/s1. The molecule has 4 amide bonds. The number of fused-ring (bicyclic) bond motifs is 2. The van der Waals surface area contributed by atoms with Crippen molar-refractivity contribution in [2.45, 2.75) is 93.8 Å². The van der Waals surface area contributed by atoms with Crippen LogP contribution >= 0.6 is 22.7 Å². The lowest BCUT2D eigenvalue weighted by Crippen LogP contribution is -2.61. The second-order valence-corrected chi connectivity index (χ2v) is 18.4. The fourth-order valence-corrected chi connectivity index (χ4v) is 9.44. The summed E-state index contributed by atoms with van der Waals surface area (Å²) in [7, 11) is -2.34. The fraction of sp³-hybridized carbons (Fsp3) is 0.559. The zero-order valence-corrected chi connectivity index (χ0v) is 32.1. The third kappa shape index (κ3) is 7.68. The van der Waals surface area contributed by atoms with Crippen molar-refractivity contribution < 1.29 is 40.7 Å². The van der Waals surface area contributed by atoms with E-state index in [2.05, 4.69) is 30.0 Å². The van der Waals surface area contributed by atoms with Gasteiger partial charge in [-0.2, -0.15) is 18.2 Å². The van der Waals surface area contributed by atoms with Gasteiger partial charge >= 0.3 is 12.2 Å². The first-order valence-electron chi connectivity index (χ1n) is 17.6. The molecule has 5 heterocycles. The lowest BCUT2D eigenvalue weighted by Gasteiger charge is -2.40. The molecule has 2 saturated carbocycles. The summed E-state index contributed by atoms with van der Waals surface area (Å²) in [6, 6.07) is 0.0104. The molecule has 2 N–H and O–H groups in total. The summed E-state index contributed by atoms with van der Waals surface area (Å²) in [6.07, 6.45) is 1.83. The molecule has 2 aliphatic heterocycles. The van der Waals surface area contributed by atoms with Crippen LogP contribution in [0.2, 0.25) is 0 Å². The number of alkyl halides is 3. The van der Waals surface area contributed by atoms with Gasteiger partial charge in [0.2, 0.25) is 21.8 Å². The number of nitrogens with zero attached hydrogens (tertiary/aromatic N) is 6. The number of piperidine rings is 1. The molecule has 3 aromatic heterocycles. The van der Waals surface area contributed by atoms with Crippen molar-refractivity contribution in [2.75, 3.05) is 20.1 Å². The Bertz CT molecular complexity index is 2100. The summed E-state index contributed by atoms with van der Waals surface area (Å²) < 4.78 is 73.9. The van der Waals surface area contributed by atoms with Crippen LogP contribution in [0.1, 0.15) is 69.7 Å². The van der Waals surface area contributed by atoms with Crippen LogP contribution in [0.3, 0.4) is 0 Å². The van der Waals surface area contributed by atoms with Crippen LogP contribution in [0.4, 0.5) is 18.0 Å². The van der Waals surface area contributed by atoms with Crippen LogP contribution in [0, 0.1) is 12.8 Å². The van der Waals surface area contributed by atoms with Crippen LogP contribution < -0.4 is 14.8 Å². The smallest absolute Gasteiger partial charge is 0.434 e. The van der Waals surface area contributed by atoms with Gasteiger partial charge in [-0.25, -0.2) is 28.2 Å². The van der Waals surface area contributed by atoms with Gasteiger partial charge in [0.05, 0.1) is 4.75 Å². The minimum atomic E-state index is -4.66. The van der Waals surface area contributed by atoms with Crippen LogP contribution in [-0.2, 0) is 25.8 Å². The molecule has 7 rings (SSSR count). The van der Waals surface area contributed by atoms with Gasteiger partial charge < -0.3 is 19.9 Å². The molecule has 0 spiro atoms. The molecule has 1 saturated heterocycles. The van der Waals surface area contributed by atoms with Crippen LogP contribution in [0.25, 0.3) is 21.5 Å². The highest BCUT2D eigenvalue weighted by atomic mass is 32.2. The van der Waals surface area contributed by atoms with Crippen LogP contribution in [-0.4, -0.2) is 98.6 Å². The highest BCUT2D eigenvalue weighted by Crippen LogP contribution is 2.47. The molecule has 3 fully saturated rings. The first-order valence-corrected chi connectivity index (χ1v) is 20.8. The number of halogens is 3. The summed E-state index contributed by atoms with van der Waals surface area (Å²) in [5, 5.41) is 5.93. The number of hydrogen-bond donors (Lipinski definition) is 2. The van der Waals surface area contributed by atoms with Crippen molar-refractivity contribution >= 4 is 50.5 Å². The largest absolute Gasteiger partial charge is 0.474 e. The van der Waals surface area contributed by atoms with Crippen molar-refractivity contribution in [1.82, 2.24) is 39.8 Å². The van der Waals surface area contributed by atoms with E-state index in [-0.39, 0.29) is 48.6 Å². The minimum absolute atomic E-state index is 0.0109. The molecule has 4 atom stereocenters. The fourth-order valence-electron chi connectivity index (χ4n) is 6.61. The minimum Gasteiger partial charge on any atom is -0.474 e. The molecule has 4 aliphatic rings. The molecule has 54 heavy (non-hydrogen) atoms. The maximum absolute atomic E-state index is 14.3. The van der Waals surface area contributed by atoms with Gasteiger partial charge in [0.25, 0.3) is 5.91 Å². The summed E-state index contributed by atoms with van der Waals surface area (Å²) >= 11 is 2.01. The van der Waals surface area contributed by atoms with Crippen molar-refractivity contribution in [3.63, 3.8) is 0 Å². The Morgan fingerprint density at radius 1 is 1.07 bits per heavy atom. The van der Waals surface area contributed by atoms with Gasteiger partial charge in [-0.15, -0.1) is 22.7 Å². The number of hydrogen-bond acceptors (Lipinski definition) is 12. The summed E-state index contributed by atoms with van der Waals surface area (Å²) in [6.45, 7) is 3.91. The lowest BCUT2D eigenvalue weighted by molar-refractivity contribution is -0.140. The molecule has 3 aromatic rings. The number of urea groups is 1. The van der Waals surface area contributed by atoms with E-state index in [1.54, 1.807) is 31.2 Å². The van der Waals surface area contributed by atoms with E-state index >= 15 is 0 Å². The van der Waals surface area contributed by atoms with Crippen molar-refractivity contribution in [3.05, 3.63) is 40.4 Å². The normalized spacial score (nSPS) is 26.5. The maximum Gasteiger partial charge on any atom is 0.434 e. The number of carbonyl (C=O) groups excluding carboxylic acids is 3. The summed E-state index contributed by atoms with van der Waals surface area (Å²) in [5.41, 5.74) is -1.59. The summed E-state index contributed by atoms with van der Waals surface area (Å²) in [5.74, 6) is -2.01. The Hall–Kier alpha value is -4.17. The van der Waals surface area contributed by atoms with E-state index in [0.29, 0.717) is 48.6 Å². The van der Waals surface area contributed by atoms with Gasteiger partial charge in [0.15, 0.2) is 16.5 Å². The van der Waals surface area contributed by atoms with E-state index in [4.69, 9.17) is 4.74 Å². The second kappa shape index (κ2) is 14.2. The highest BCUT2D eigenvalue weighted by molar-refractivity contribution is 7.91. The molecule has 290 valence electrons. The number of amides is 4. The van der Waals surface area contributed by atoms with Gasteiger partial charge in [-0.1, -0.05) is 12.2 Å². The topological polar surface area (TPSA) is 177 Å². The number of nitrogens with one attached hydrogen (secondary N) is 2. The van der Waals surface area contributed by atoms with Gasteiger partial charge in [0.1, 0.15) is 28.4 Å². The molecule has 1 unspecified atom stereocenters. The van der Waals surface area contributed by atoms with Crippen LogP contribution in [0.15, 0.2) is 29.0 Å². The monoisotopic (exact) mass is 808 g/mol. The molecule has 0 bridgehead atoms. The van der Waals surface area contributed by atoms with Gasteiger partial charge in [-0.05, 0) is 52.4 Å². The number of rotatable bonds is 7. The number of aryl methyl sites for hydroxylation is 1. The molecular formula is C34H39F3N8O6S3. The van der Waals surface area contributed by atoms with E-state index in [1.807, 2.05) is 12.2 Å². The van der Waals surface area contributed by atoms with E-state index in [9.17, 15) is 36.0 Å². The van der Waals surface area contributed by atoms with Crippen molar-refractivity contribution in [1.29, 1.82) is 0 Å². The number of sulfonamides is 1. The van der Waals surface area contributed by atoms with E-state index < -0.39 is 62.1 Å². The van der Waals surface area contributed by atoms with E-state index in [1.165, 1.54) is 22.3 Å². The first-order chi connectivity index (χ1) is 25.5.